The second-order valence-electron chi connectivity index (χ2n) is 5.53. The molecule has 3 nitrogen and oxygen atoms in total. The Morgan fingerprint density at radius 3 is 2.44 bits per heavy atom. The van der Waals surface area contributed by atoms with Gasteiger partial charge in [-0.25, -0.2) is 0 Å². The molecule has 0 aliphatic carbocycles. The van der Waals surface area contributed by atoms with E-state index in [0.717, 1.165) is 24.5 Å². The highest BCUT2D eigenvalue weighted by Crippen LogP contribution is 2.29. The van der Waals surface area contributed by atoms with Crippen molar-refractivity contribution < 1.29 is 5.11 Å². The number of nitrogens with zero attached hydrogens (tertiary/aromatic N) is 1. The Balaban J connectivity index is 1.67. The molecule has 94 valence electrons. The topological polar surface area (TPSA) is 35.5 Å². The molecular formula is C13H26N2O. The summed E-state index contributed by atoms with van der Waals surface area (Å²) in [7, 11) is 2.27. The Hall–Kier alpha value is -0.120. The smallest absolute Gasteiger partial charge is 0.0431 e. The molecule has 2 rings (SSSR count). The van der Waals surface area contributed by atoms with Crippen LogP contribution in [-0.2, 0) is 0 Å². The summed E-state index contributed by atoms with van der Waals surface area (Å²) in [6, 6.07) is 2.39. The van der Waals surface area contributed by atoms with Gasteiger partial charge in [-0.05, 0) is 58.5 Å². The molecule has 2 aliphatic rings. The predicted octanol–water partition coefficient (Wildman–Crippen LogP) is 1.36. The van der Waals surface area contributed by atoms with Crippen molar-refractivity contribution in [1.29, 1.82) is 0 Å². The van der Waals surface area contributed by atoms with E-state index < -0.39 is 0 Å². The van der Waals surface area contributed by atoms with Crippen molar-refractivity contribution in [2.45, 2.75) is 63.1 Å². The summed E-state index contributed by atoms with van der Waals surface area (Å²) in [5.74, 6) is 0. The normalized spacial score (nSPS) is 33.6. The third-order valence-electron chi connectivity index (χ3n) is 4.24. The molecule has 16 heavy (non-hydrogen) atoms. The van der Waals surface area contributed by atoms with E-state index in [1.165, 1.54) is 45.1 Å². The van der Waals surface area contributed by atoms with Gasteiger partial charge in [-0.1, -0.05) is 0 Å². The highest BCUT2D eigenvalue weighted by molar-refractivity contribution is 4.95. The molecular weight excluding hydrogens is 200 g/mol. The van der Waals surface area contributed by atoms with Crippen LogP contribution in [0.3, 0.4) is 0 Å². The molecule has 2 bridgehead atoms. The van der Waals surface area contributed by atoms with Gasteiger partial charge in [0, 0.05) is 24.7 Å². The number of aliphatic hydroxyl groups is 1. The van der Waals surface area contributed by atoms with E-state index in [-0.39, 0.29) is 0 Å². The van der Waals surface area contributed by atoms with Gasteiger partial charge in [0.15, 0.2) is 0 Å². The van der Waals surface area contributed by atoms with Gasteiger partial charge in [-0.15, -0.1) is 0 Å². The average molecular weight is 226 g/mol. The first-order valence-corrected chi connectivity index (χ1v) is 6.86. The molecule has 0 radical (unpaired) electrons. The first kappa shape index (κ1) is 12.3. The maximum Gasteiger partial charge on any atom is 0.0431 e. The second-order valence-corrected chi connectivity index (χ2v) is 5.53. The van der Waals surface area contributed by atoms with Gasteiger partial charge in [0.25, 0.3) is 0 Å². The number of unbranched alkanes of at least 4 members (excludes halogenated alkanes) is 2. The fourth-order valence-electron chi connectivity index (χ4n) is 3.22. The van der Waals surface area contributed by atoms with E-state index in [9.17, 15) is 0 Å². The van der Waals surface area contributed by atoms with Crippen LogP contribution in [0.4, 0.5) is 0 Å². The maximum absolute atomic E-state index is 8.74. The quantitative estimate of drug-likeness (QED) is 0.671. The molecule has 0 saturated carbocycles. The fraction of sp³-hybridized carbons (Fsp3) is 1.00. The Morgan fingerprint density at radius 1 is 1.12 bits per heavy atom. The summed E-state index contributed by atoms with van der Waals surface area (Å²) >= 11 is 0. The van der Waals surface area contributed by atoms with Crippen molar-refractivity contribution in [2.24, 2.45) is 0 Å². The van der Waals surface area contributed by atoms with Gasteiger partial charge in [0.1, 0.15) is 0 Å². The minimum atomic E-state index is 0.348. The second kappa shape index (κ2) is 5.99. The zero-order valence-corrected chi connectivity index (χ0v) is 10.5. The lowest BCUT2D eigenvalue weighted by atomic mass is 9.98. The van der Waals surface area contributed by atoms with Crippen molar-refractivity contribution in [1.82, 2.24) is 10.2 Å². The number of hydrogen-bond donors (Lipinski definition) is 2. The lowest BCUT2D eigenvalue weighted by Crippen LogP contribution is -2.47. The maximum atomic E-state index is 8.74. The molecule has 0 aromatic rings. The molecule has 2 heterocycles. The third-order valence-corrected chi connectivity index (χ3v) is 4.24. The minimum Gasteiger partial charge on any atom is -0.396 e. The first-order chi connectivity index (χ1) is 7.79. The lowest BCUT2D eigenvalue weighted by molar-refractivity contribution is 0.168. The van der Waals surface area contributed by atoms with E-state index in [4.69, 9.17) is 5.11 Å². The Kier molecular flexibility index (Phi) is 4.62. The molecule has 3 heteroatoms. The molecule has 0 aromatic carbocycles. The average Bonchev–Trinajstić information content (AvgIpc) is 2.63. The van der Waals surface area contributed by atoms with Crippen LogP contribution in [0.25, 0.3) is 0 Å². The molecule has 0 amide bonds. The summed E-state index contributed by atoms with van der Waals surface area (Å²) in [6.07, 6.45) is 8.82. The molecule has 2 saturated heterocycles. The molecule has 2 unspecified atom stereocenters. The minimum absolute atomic E-state index is 0.348. The SMILES string of the molecule is CN(CCCCCO)C1CC2CCC(C1)N2. The molecule has 2 fully saturated rings. The molecule has 2 N–H and O–H groups in total. The summed E-state index contributed by atoms with van der Waals surface area (Å²) in [5.41, 5.74) is 0. The van der Waals surface area contributed by atoms with Crippen LogP contribution < -0.4 is 5.32 Å². The number of nitrogens with one attached hydrogen (secondary N) is 1. The number of fused-ring (bicyclic) bond motifs is 2. The van der Waals surface area contributed by atoms with Crippen molar-refractivity contribution in [3.8, 4) is 0 Å². The summed E-state index contributed by atoms with van der Waals surface area (Å²) in [6.45, 7) is 1.55. The number of aliphatic hydroxyl groups excluding tert-OH is 1. The molecule has 2 aliphatic heterocycles. The zero-order valence-electron chi connectivity index (χ0n) is 10.5. The van der Waals surface area contributed by atoms with Gasteiger partial charge >= 0.3 is 0 Å². The standard InChI is InChI=1S/C13H26N2O/c1-15(7-3-2-4-8-16)13-9-11-5-6-12(10-13)14-11/h11-14,16H,2-10H2,1H3. The number of rotatable bonds is 6. The van der Waals surface area contributed by atoms with Gasteiger partial charge in [0.05, 0.1) is 0 Å². The molecule has 2 atom stereocenters. The van der Waals surface area contributed by atoms with Crippen molar-refractivity contribution in [3.05, 3.63) is 0 Å². The van der Waals surface area contributed by atoms with E-state index in [1.807, 2.05) is 0 Å². The highest BCUT2D eigenvalue weighted by Gasteiger charge is 2.34. The van der Waals surface area contributed by atoms with Crippen LogP contribution in [0, 0.1) is 0 Å². The van der Waals surface area contributed by atoms with Crippen LogP contribution in [0.1, 0.15) is 44.9 Å². The number of piperidine rings is 1. The van der Waals surface area contributed by atoms with E-state index in [1.54, 1.807) is 0 Å². The van der Waals surface area contributed by atoms with Crippen molar-refractivity contribution >= 4 is 0 Å². The van der Waals surface area contributed by atoms with Crippen LogP contribution >= 0.6 is 0 Å². The highest BCUT2D eigenvalue weighted by atomic mass is 16.2. The van der Waals surface area contributed by atoms with E-state index >= 15 is 0 Å². The van der Waals surface area contributed by atoms with Crippen molar-refractivity contribution in [3.63, 3.8) is 0 Å². The van der Waals surface area contributed by atoms with Crippen molar-refractivity contribution in [2.75, 3.05) is 20.2 Å². The Bertz CT molecular complexity index is 198. The van der Waals surface area contributed by atoms with Crippen LogP contribution in [0.15, 0.2) is 0 Å². The third kappa shape index (κ3) is 3.19. The molecule has 0 spiro atoms. The van der Waals surface area contributed by atoms with Crippen LogP contribution in [0.5, 0.6) is 0 Å². The fourth-order valence-corrected chi connectivity index (χ4v) is 3.22. The number of hydrogen-bond acceptors (Lipinski definition) is 3. The van der Waals surface area contributed by atoms with Crippen LogP contribution in [0.2, 0.25) is 0 Å². The summed E-state index contributed by atoms with van der Waals surface area (Å²) < 4.78 is 0. The largest absolute Gasteiger partial charge is 0.396 e. The van der Waals surface area contributed by atoms with E-state index in [2.05, 4.69) is 17.3 Å². The van der Waals surface area contributed by atoms with Gasteiger partial charge in [-0.3, -0.25) is 0 Å². The van der Waals surface area contributed by atoms with E-state index in [0.29, 0.717) is 6.61 Å². The summed E-state index contributed by atoms with van der Waals surface area (Å²) in [5, 5.41) is 12.4. The van der Waals surface area contributed by atoms with Gasteiger partial charge in [0.2, 0.25) is 0 Å². The predicted molar refractivity (Wildman–Crippen MR) is 66.5 cm³/mol. The Labute approximate surface area is 99.2 Å². The van der Waals surface area contributed by atoms with Crippen LogP contribution in [-0.4, -0.2) is 48.3 Å². The zero-order chi connectivity index (χ0) is 11.4. The first-order valence-electron chi connectivity index (χ1n) is 6.86. The molecule has 0 aromatic heterocycles. The Morgan fingerprint density at radius 2 is 1.81 bits per heavy atom. The lowest BCUT2D eigenvalue weighted by Gasteiger charge is -2.35. The van der Waals surface area contributed by atoms with Gasteiger partial charge in [-0.2, -0.15) is 0 Å². The monoisotopic (exact) mass is 226 g/mol. The summed E-state index contributed by atoms with van der Waals surface area (Å²) in [4.78, 5) is 2.55. The van der Waals surface area contributed by atoms with Gasteiger partial charge < -0.3 is 15.3 Å².